The number of benzene rings is 1. The molecule has 0 radical (unpaired) electrons. The van der Waals surface area contributed by atoms with Crippen molar-refractivity contribution < 1.29 is 4.79 Å². The van der Waals surface area contributed by atoms with Gasteiger partial charge in [0.2, 0.25) is 0 Å². The number of aromatic nitrogens is 3. The van der Waals surface area contributed by atoms with Gasteiger partial charge in [0.05, 0.1) is 12.4 Å². The monoisotopic (exact) mass is 353 g/mol. The van der Waals surface area contributed by atoms with E-state index in [1.54, 1.807) is 12.4 Å². The van der Waals surface area contributed by atoms with Crippen LogP contribution in [0.25, 0.3) is 0 Å². The standard InChI is InChI=1S/C18H16ClN5O/c19-15-6-2-1-5-14(15)10-22-17-12-21-16(11-23-17)18(25)24-9-13-4-3-7-20-8-13/h1-8,11-12H,9-10H2,(H,22,23)(H,24,25). The number of amides is 1. The summed E-state index contributed by atoms with van der Waals surface area (Å²) in [5.41, 5.74) is 2.14. The van der Waals surface area contributed by atoms with Gasteiger partial charge in [-0.2, -0.15) is 0 Å². The summed E-state index contributed by atoms with van der Waals surface area (Å²) in [5, 5.41) is 6.60. The molecule has 0 aliphatic rings. The highest BCUT2D eigenvalue weighted by Gasteiger charge is 2.08. The van der Waals surface area contributed by atoms with Crippen LogP contribution in [0.4, 0.5) is 5.82 Å². The molecule has 0 fully saturated rings. The second-order valence-electron chi connectivity index (χ2n) is 5.28. The maximum atomic E-state index is 12.1. The zero-order valence-corrected chi connectivity index (χ0v) is 14.1. The summed E-state index contributed by atoms with van der Waals surface area (Å²) in [4.78, 5) is 24.4. The van der Waals surface area contributed by atoms with Gasteiger partial charge in [0.15, 0.2) is 0 Å². The fourth-order valence-electron chi connectivity index (χ4n) is 2.14. The number of nitrogens with one attached hydrogen (secondary N) is 2. The molecule has 3 aromatic rings. The molecule has 126 valence electrons. The van der Waals surface area contributed by atoms with Gasteiger partial charge >= 0.3 is 0 Å². The highest BCUT2D eigenvalue weighted by atomic mass is 35.5. The summed E-state index contributed by atoms with van der Waals surface area (Å²) in [5.74, 6) is 0.290. The molecule has 7 heteroatoms. The lowest BCUT2D eigenvalue weighted by Crippen LogP contribution is -2.24. The minimum absolute atomic E-state index is 0.257. The third kappa shape index (κ3) is 4.74. The Morgan fingerprint density at radius 2 is 1.88 bits per heavy atom. The van der Waals surface area contributed by atoms with Gasteiger partial charge in [-0.05, 0) is 23.3 Å². The minimum atomic E-state index is -0.283. The van der Waals surface area contributed by atoms with E-state index in [1.807, 2.05) is 36.4 Å². The molecule has 25 heavy (non-hydrogen) atoms. The van der Waals surface area contributed by atoms with Crippen LogP contribution in [0.15, 0.2) is 61.2 Å². The molecule has 3 rings (SSSR count). The average Bonchev–Trinajstić information content (AvgIpc) is 2.67. The molecular weight excluding hydrogens is 338 g/mol. The van der Waals surface area contributed by atoms with Crippen molar-refractivity contribution in [3.63, 3.8) is 0 Å². The number of pyridine rings is 1. The predicted octanol–water partition coefficient (Wildman–Crippen LogP) is 3.07. The number of hydrogen-bond donors (Lipinski definition) is 2. The molecule has 0 aliphatic heterocycles. The minimum Gasteiger partial charge on any atom is -0.365 e. The lowest BCUT2D eigenvalue weighted by atomic mass is 10.2. The number of carbonyl (C=O) groups excluding carboxylic acids is 1. The molecule has 0 saturated heterocycles. The smallest absolute Gasteiger partial charge is 0.271 e. The Bertz CT molecular complexity index is 840. The van der Waals surface area contributed by atoms with Crippen molar-refractivity contribution in [1.29, 1.82) is 0 Å². The van der Waals surface area contributed by atoms with Crippen molar-refractivity contribution >= 4 is 23.3 Å². The average molecular weight is 354 g/mol. The van der Waals surface area contributed by atoms with Gasteiger partial charge in [-0.15, -0.1) is 0 Å². The largest absolute Gasteiger partial charge is 0.365 e. The molecule has 0 unspecified atom stereocenters. The Labute approximate surface area is 150 Å². The third-order valence-electron chi connectivity index (χ3n) is 3.48. The van der Waals surface area contributed by atoms with E-state index >= 15 is 0 Å². The summed E-state index contributed by atoms with van der Waals surface area (Å²) in [6.45, 7) is 0.918. The van der Waals surface area contributed by atoms with Gasteiger partial charge in [-0.25, -0.2) is 9.97 Å². The van der Waals surface area contributed by atoms with Gasteiger partial charge in [0, 0.05) is 30.5 Å². The van der Waals surface area contributed by atoms with Crippen LogP contribution in [0.2, 0.25) is 5.02 Å². The van der Waals surface area contributed by atoms with Crippen molar-refractivity contribution in [3.8, 4) is 0 Å². The molecule has 0 aliphatic carbocycles. The Kier molecular flexibility index (Phi) is 5.53. The zero-order chi connectivity index (χ0) is 17.5. The van der Waals surface area contributed by atoms with Crippen molar-refractivity contribution in [2.45, 2.75) is 13.1 Å². The fraction of sp³-hybridized carbons (Fsp3) is 0.111. The topological polar surface area (TPSA) is 79.8 Å². The molecule has 1 aromatic carbocycles. The Morgan fingerprint density at radius 3 is 2.60 bits per heavy atom. The molecule has 2 N–H and O–H groups in total. The molecule has 1 amide bonds. The normalized spacial score (nSPS) is 10.3. The maximum absolute atomic E-state index is 12.1. The van der Waals surface area contributed by atoms with Crippen LogP contribution in [-0.4, -0.2) is 20.9 Å². The number of rotatable bonds is 6. The first-order valence-electron chi connectivity index (χ1n) is 7.69. The summed E-state index contributed by atoms with van der Waals surface area (Å²) in [7, 11) is 0. The quantitative estimate of drug-likeness (QED) is 0.712. The van der Waals surface area contributed by atoms with Gasteiger partial charge in [0.25, 0.3) is 5.91 Å². The molecule has 0 atom stereocenters. The number of hydrogen-bond acceptors (Lipinski definition) is 5. The Morgan fingerprint density at radius 1 is 1.00 bits per heavy atom. The highest BCUT2D eigenvalue weighted by Crippen LogP contribution is 2.16. The number of carbonyl (C=O) groups is 1. The van der Waals surface area contributed by atoms with Crippen LogP contribution < -0.4 is 10.6 Å². The number of nitrogens with zero attached hydrogens (tertiary/aromatic N) is 3. The Balaban J connectivity index is 1.54. The van der Waals surface area contributed by atoms with E-state index in [2.05, 4.69) is 25.6 Å². The van der Waals surface area contributed by atoms with Crippen LogP contribution in [0.1, 0.15) is 21.6 Å². The van der Waals surface area contributed by atoms with Gasteiger partial charge in [0.1, 0.15) is 11.5 Å². The second-order valence-corrected chi connectivity index (χ2v) is 5.68. The molecular formula is C18H16ClN5O. The van der Waals surface area contributed by atoms with E-state index in [-0.39, 0.29) is 11.6 Å². The van der Waals surface area contributed by atoms with Crippen molar-refractivity contribution in [3.05, 3.63) is 83.0 Å². The summed E-state index contributed by atoms with van der Waals surface area (Å²) in [6.07, 6.45) is 6.35. The molecule has 2 heterocycles. The first-order chi connectivity index (χ1) is 12.2. The maximum Gasteiger partial charge on any atom is 0.271 e. The Hall–Kier alpha value is -2.99. The molecule has 0 spiro atoms. The zero-order valence-electron chi connectivity index (χ0n) is 13.3. The lowest BCUT2D eigenvalue weighted by Gasteiger charge is -2.08. The molecule has 0 bridgehead atoms. The number of anilines is 1. The van der Waals surface area contributed by atoms with E-state index in [0.29, 0.717) is 23.9 Å². The first kappa shape index (κ1) is 16.9. The van der Waals surface area contributed by atoms with E-state index < -0.39 is 0 Å². The summed E-state index contributed by atoms with van der Waals surface area (Å²) >= 11 is 6.11. The third-order valence-corrected chi connectivity index (χ3v) is 3.85. The van der Waals surface area contributed by atoms with E-state index in [1.165, 1.54) is 12.4 Å². The van der Waals surface area contributed by atoms with Gasteiger partial charge in [-0.3, -0.25) is 9.78 Å². The van der Waals surface area contributed by atoms with Crippen LogP contribution >= 0.6 is 11.6 Å². The van der Waals surface area contributed by atoms with E-state index in [9.17, 15) is 4.79 Å². The SMILES string of the molecule is O=C(NCc1cccnc1)c1cnc(NCc2ccccc2Cl)cn1. The summed E-state index contributed by atoms with van der Waals surface area (Å²) in [6, 6.07) is 11.3. The van der Waals surface area contributed by atoms with Crippen LogP contribution in [0, 0.1) is 0 Å². The predicted molar refractivity (Wildman–Crippen MR) is 96.2 cm³/mol. The highest BCUT2D eigenvalue weighted by molar-refractivity contribution is 6.31. The first-order valence-corrected chi connectivity index (χ1v) is 8.06. The van der Waals surface area contributed by atoms with Crippen LogP contribution in [0.5, 0.6) is 0 Å². The van der Waals surface area contributed by atoms with Crippen molar-refractivity contribution in [2.75, 3.05) is 5.32 Å². The molecule has 2 aromatic heterocycles. The van der Waals surface area contributed by atoms with E-state index in [4.69, 9.17) is 11.6 Å². The second kappa shape index (κ2) is 8.21. The van der Waals surface area contributed by atoms with E-state index in [0.717, 1.165) is 11.1 Å². The molecule has 6 nitrogen and oxygen atoms in total. The van der Waals surface area contributed by atoms with Gasteiger partial charge < -0.3 is 10.6 Å². The van der Waals surface area contributed by atoms with Crippen LogP contribution in [-0.2, 0) is 13.1 Å². The van der Waals surface area contributed by atoms with Crippen molar-refractivity contribution in [2.24, 2.45) is 0 Å². The number of halogens is 1. The van der Waals surface area contributed by atoms with Gasteiger partial charge in [-0.1, -0.05) is 35.9 Å². The molecule has 0 saturated carbocycles. The summed E-state index contributed by atoms with van der Waals surface area (Å²) < 4.78 is 0. The lowest BCUT2D eigenvalue weighted by molar-refractivity contribution is 0.0945. The van der Waals surface area contributed by atoms with Crippen molar-refractivity contribution in [1.82, 2.24) is 20.3 Å². The van der Waals surface area contributed by atoms with Crippen LogP contribution in [0.3, 0.4) is 0 Å². The fourth-order valence-corrected chi connectivity index (χ4v) is 2.34.